The summed E-state index contributed by atoms with van der Waals surface area (Å²) in [5.74, 6) is 2.17. The zero-order chi connectivity index (χ0) is 22.9. The molecule has 0 bridgehead atoms. The normalized spacial score (nSPS) is 20.6. The molecular formula is C25H44N4O3. The predicted molar refractivity (Wildman–Crippen MR) is 130 cm³/mol. The first-order valence-corrected chi connectivity index (χ1v) is 12.3. The summed E-state index contributed by atoms with van der Waals surface area (Å²) >= 11 is 0. The number of likely N-dealkylation sites (N-methyl/N-ethyl adjacent to an activating group) is 1. The van der Waals surface area contributed by atoms with Gasteiger partial charge in [-0.25, -0.2) is 0 Å². The molecule has 1 aromatic carbocycles. The molecule has 2 aliphatic rings. The van der Waals surface area contributed by atoms with Crippen molar-refractivity contribution in [2.75, 3.05) is 73.1 Å². The molecule has 182 valence electrons. The monoisotopic (exact) mass is 448 g/mol. The summed E-state index contributed by atoms with van der Waals surface area (Å²) in [4.78, 5) is 7.19. The van der Waals surface area contributed by atoms with E-state index in [0.717, 1.165) is 45.2 Å². The van der Waals surface area contributed by atoms with Crippen molar-refractivity contribution in [2.45, 2.75) is 45.4 Å². The summed E-state index contributed by atoms with van der Waals surface area (Å²) in [6.07, 6.45) is 2.03. The number of rotatable bonds is 11. The minimum Gasteiger partial charge on any atom is -0.493 e. The number of likely N-dealkylation sites (tertiary alicyclic amines) is 1. The number of hydrogen-bond donors (Lipinski definition) is 2. The van der Waals surface area contributed by atoms with Crippen LogP contribution in [0.25, 0.3) is 0 Å². The third kappa shape index (κ3) is 7.89. The van der Waals surface area contributed by atoms with Crippen LogP contribution in [0.5, 0.6) is 11.5 Å². The van der Waals surface area contributed by atoms with E-state index < -0.39 is 6.10 Å². The van der Waals surface area contributed by atoms with Crippen molar-refractivity contribution < 1.29 is 14.6 Å². The van der Waals surface area contributed by atoms with E-state index in [1.54, 1.807) is 7.11 Å². The van der Waals surface area contributed by atoms with Crippen LogP contribution in [0.1, 0.15) is 32.3 Å². The van der Waals surface area contributed by atoms with E-state index in [9.17, 15) is 5.11 Å². The molecule has 32 heavy (non-hydrogen) atoms. The molecule has 1 atom stereocenters. The quantitative estimate of drug-likeness (QED) is 0.536. The highest BCUT2D eigenvalue weighted by Gasteiger charge is 2.21. The average molecular weight is 449 g/mol. The predicted octanol–water partition coefficient (Wildman–Crippen LogP) is 1.89. The van der Waals surface area contributed by atoms with E-state index in [4.69, 9.17) is 9.47 Å². The summed E-state index contributed by atoms with van der Waals surface area (Å²) in [5, 5.41) is 14.1. The number of hydrogen-bond acceptors (Lipinski definition) is 7. The van der Waals surface area contributed by atoms with Gasteiger partial charge < -0.3 is 29.7 Å². The Morgan fingerprint density at radius 2 is 1.78 bits per heavy atom. The van der Waals surface area contributed by atoms with E-state index in [1.165, 1.54) is 31.5 Å². The number of ether oxygens (including phenoxy) is 2. The standard InChI is InChI=1S/C25H44N4O3/c1-20(2)29-9-7-21(8-10-29)16-26-17-22-5-6-24(31-4)25(15-22)32-19-23(30)18-28-13-11-27(3)12-14-28/h5-6,15,20-21,23,26,30H,7-14,16-19H2,1-4H3/t23-/m1/s1. The molecule has 0 radical (unpaired) electrons. The van der Waals surface area contributed by atoms with E-state index >= 15 is 0 Å². The Morgan fingerprint density at radius 1 is 1.06 bits per heavy atom. The molecule has 1 aromatic rings. The van der Waals surface area contributed by atoms with E-state index in [0.29, 0.717) is 24.1 Å². The van der Waals surface area contributed by atoms with Gasteiger partial charge in [-0.05, 0) is 77.0 Å². The summed E-state index contributed by atoms with van der Waals surface area (Å²) in [5.41, 5.74) is 1.17. The van der Waals surface area contributed by atoms with Crippen LogP contribution < -0.4 is 14.8 Å². The van der Waals surface area contributed by atoms with Crippen LogP contribution in [-0.2, 0) is 6.54 Å². The molecule has 0 saturated carbocycles. The first kappa shape index (κ1) is 25.2. The lowest BCUT2D eigenvalue weighted by molar-refractivity contribution is 0.0497. The highest BCUT2D eigenvalue weighted by molar-refractivity contribution is 5.43. The van der Waals surface area contributed by atoms with Crippen molar-refractivity contribution in [3.63, 3.8) is 0 Å². The van der Waals surface area contributed by atoms with E-state index in [2.05, 4.69) is 47.0 Å². The molecule has 7 nitrogen and oxygen atoms in total. The summed E-state index contributed by atoms with van der Waals surface area (Å²) in [6, 6.07) is 6.73. The van der Waals surface area contributed by atoms with Crippen LogP contribution in [0.4, 0.5) is 0 Å². The molecule has 3 rings (SSSR count). The fraction of sp³-hybridized carbons (Fsp3) is 0.760. The van der Waals surface area contributed by atoms with Gasteiger partial charge >= 0.3 is 0 Å². The van der Waals surface area contributed by atoms with Gasteiger partial charge in [-0.1, -0.05) is 6.07 Å². The second kappa shape index (κ2) is 12.8. The van der Waals surface area contributed by atoms with Crippen LogP contribution in [0.3, 0.4) is 0 Å². The number of piperazine rings is 1. The van der Waals surface area contributed by atoms with Crippen molar-refractivity contribution >= 4 is 0 Å². The highest BCUT2D eigenvalue weighted by Crippen LogP contribution is 2.28. The smallest absolute Gasteiger partial charge is 0.161 e. The van der Waals surface area contributed by atoms with Gasteiger partial charge in [-0.3, -0.25) is 4.90 Å². The molecule has 2 N–H and O–H groups in total. The van der Waals surface area contributed by atoms with Crippen LogP contribution in [0, 0.1) is 5.92 Å². The van der Waals surface area contributed by atoms with Gasteiger partial charge in [0.25, 0.3) is 0 Å². The van der Waals surface area contributed by atoms with Gasteiger partial charge in [0.15, 0.2) is 11.5 Å². The molecule has 0 spiro atoms. The number of β-amino-alcohol motifs (C(OH)–C–C–N with tert-alkyl or cyclic N) is 1. The molecule has 7 heteroatoms. The van der Waals surface area contributed by atoms with Gasteiger partial charge in [0.05, 0.1) is 7.11 Å². The van der Waals surface area contributed by atoms with Crippen LogP contribution >= 0.6 is 0 Å². The molecule has 0 unspecified atom stereocenters. The lowest BCUT2D eigenvalue weighted by atomic mass is 9.96. The van der Waals surface area contributed by atoms with Gasteiger partial charge in [0.1, 0.15) is 12.7 Å². The van der Waals surface area contributed by atoms with Crippen molar-refractivity contribution in [2.24, 2.45) is 5.92 Å². The van der Waals surface area contributed by atoms with E-state index in [-0.39, 0.29) is 6.61 Å². The maximum atomic E-state index is 10.5. The molecule has 0 aliphatic carbocycles. The molecule has 0 amide bonds. The molecule has 2 aliphatic heterocycles. The maximum Gasteiger partial charge on any atom is 0.161 e. The molecule has 2 heterocycles. The minimum absolute atomic E-state index is 0.272. The van der Waals surface area contributed by atoms with Crippen molar-refractivity contribution in [1.29, 1.82) is 0 Å². The first-order valence-electron chi connectivity index (χ1n) is 12.3. The third-order valence-electron chi connectivity index (χ3n) is 6.87. The second-order valence-electron chi connectivity index (χ2n) is 9.76. The number of nitrogens with one attached hydrogen (secondary N) is 1. The average Bonchev–Trinajstić information content (AvgIpc) is 2.79. The Balaban J connectivity index is 1.42. The van der Waals surface area contributed by atoms with Crippen molar-refractivity contribution in [3.05, 3.63) is 23.8 Å². The van der Waals surface area contributed by atoms with Gasteiger partial charge in [0, 0.05) is 45.3 Å². The zero-order valence-corrected chi connectivity index (χ0v) is 20.6. The van der Waals surface area contributed by atoms with Gasteiger partial charge in [-0.15, -0.1) is 0 Å². The number of methoxy groups -OCH3 is 1. The van der Waals surface area contributed by atoms with Crippen LogP contribution in [0.2, 0.25) is 0 Å². The summed E-state index contributed by atoms with van der Waals surface area (Å²) in [6.45, 7) is 13.9. The Labute approximate surface area is 194 Å². The van der Waals surface area contributed by atoms with Crippen molar-refractivity contribution in [1.82, 2.24) is 20.0 Å². The zero-order valence-electron chi connectivity index (χ0n) is 20.6. The maximum absolute atomic E-state index is 10.5. The SMILES string of the molecule is COc1ccc(CNCC2CCN(C(C)C)CC2)cc1OC[C@H](O)CN1CCN(C)CC1. The Hall–Kier alpha value is -1.38. The number of nitrogens with zero attached hydrogens (tertiary/aromatic N) is 3. The number of benzene rings is 1. The first-order chi connectivity index (χ1) is 15.4. The topological polar surface area (TPSA) is 60.4 Å². The van der Waals surface area contributed by atoms with Crippen LogP contribution in [0.15, 0.2) is 18.2 Å². The lowest BCUT2D eigenvalue weighted by Gasteiger charge is -2.34. The number of piperidine rings is 1. The Kier molecular flexibility index (Phi) is 10.1. The third-order valence-corrected chi connectivity index (χ3v) is 6.87. The largest absolute Gasteiger partial charge is 0.493 e. The molecular weight excluding hydrogens is 404 g/mol. The molecule has 2 saturated heterocycles. The van der Waals surface area contributed by atoms with Crippen molar-refractivity contribution in [3.8, 4) is 11.5 Å². The number of aliphatic hydroxyl groups is 1. The fourth-order valence-corrected chi connectivity index (χ4v) is 4.61. The Bertz CT molecular complexity index is 671. The molecule has 2 fully saturated rings. The van der Waals surface area contributed by atoms with Crippen LogP contribution in [-0.4, -0.2) is 105 Å². The number of aliphatic hydroxyl groups excluding tert-OH is 1. The Morgan fingerprint density at radius 3 is 2.44 bits per heavy atom. The molecule has 0 aromatic heterocycles. The highest BCUT2D eigenvalue weighted by atomic mass is 16.5. The fourth-order valence-electron chi connectivity index (χ4n) is 4.61. The minimum atomic E-state index is -0.512. The summed E-state index contributed by atoms with van der Waals surface area (Å²) in [7, 11) is 3.80. The second-order valence-corrected chi connectivity index (χ2v) is 9.76. The lowest BCUT2D eigenvalue weighted by Crippen LogP contribution is -2.47. The summed E-state index contributed by atoms with van der Waals surface area (Å²) < 4.78 is 11.5. The van der Waals surface area contributed by atoms with Gasteiger partial charge in [-0.2, -0.15) is 0 Å². The van der Waals surface area contributed by atoms with E-state index in [1.807, 2.05) is 12.1 Å². The van der Waals surface area contributed by atoms with Gasteiger partial charge in [0.2, 0.25) is 0 Å².